The van der Waals surface area contributed by atoms with Crippen LogP contribution in [0.15, 0.2) is 60.7 Å². The number of fused-ring (bicyclic) bond motifs is 2. The Labute approximate surface area is 245 Å². The van der Waals surface area contributed by atoms with Crippen LogP contribution in [0.5, 0.6) is 5.75 Å². The molecule has 41 heavy (non-hydrogen) atoms. The molecule has 5 rings (SSSR count). The largest absolute Gasteiger partial charge is 0.490 e. The molecule has 1 amide bonds. The standard InChI is InChI=1S/C28H28Cl2N2O2.C2HF3O2/c1-17(2)26-28(9-11-31-12-10-28)24-16-23(7-8-25(24)34-26)32-27(33)19-5-3-18(4-6-19)20-13-21(29)15-22(30)14-20;3-2(4,5)1(6)7/h3-8,13-17,26,31H,9-12H2,1-2H3,(H,32,33);(H,6,7). The third-order valence-electron chi connectivity index (χ3n) is 7.26. The van der Waals surface area contributed by atoms with Gasteiger partial charge in [-0.05, 0) is 91.5 Å². The highest BCUT2D eigenvalue weighted by Gasteiger charge is 2.50. The molecule has 3 aromatic carbocycles. The second-order valence-electron chi connectivity index (χ2n) is 10.4. The van der Waals surface area contributed by atoms with Crippen molar-refractivity contribution in [3.63, 3.8) is 0 Å². The Morgan fingerprint density at radius 3 is 2.10 bits per heavy atom. The van der Waals surface area contributed by atoms with Crippen LogP contribution in [0.2, 0.25) is 10.0 Å². The Balaban J connectivity index is 0.000000493. The summed E-state index contributed by atoms with van der Waals surface area (Å²) in [6, 6.07) is 18.9. The zero-order chi connectivity index (χ0) is 29.9. The molecule has 11 heteroatoms. The number of carbonyl (C=O) groups excluding carboxylic acids is 1. The molecule has 2 heterocycles. The number of carboxylic acid groups (broad SMARTS) is 1. The van der Waals surface area contributed by atoms with Crippen LogP contribution in [0.4, 0.5) is 18.9 Å². The number of anilines is 1. The number of nitrogens with one attached hydrogen (secondary N) is 2. The van der Waals surface area contributed by atoms with Crippen LogP contribution in [0.3, 0.4) is 0 Å². The third kappa shape index (κ3) is 6.97. The predicted octanol–water partition coefficient (Wildman–Crippen LogP) is 7.58. The van der Waals surface area contributed by atoms with Crippen molar-refractivity contribution in [1.82, 2.24) is 5.32 Å². The molecule has 2 aliphatic heterocycles. The van der Waals surface area contributed by atoms with E-state index in [9.17, 15) is 18.0 Å². The predicted molar refractivity (Wildman–Crippen MR) is 153 cm³/mol. The maximum Gasteiger partial charge on any atom is 0.490 e. The van der Waals surface area contributed by atoms with E-state index < -0.39 is 12.1 Å². The normalized spacial score (nSPS) is 17.3. The molecule has 1 spiro atoms. The monoisotopic (exact) mass is 608 g/mol. The molecule has 0 aromatic heterocycles. The first-order valence-electron chi connectivity index (χ1n) is 13.0. The smallest absolute Gasteiger partial charge is 0.489 e. The number of piperidine rings is 1. The molecule has 2 aliphatic rings. The number of ether oxygens (including phenoxy) is 1. The van der Waals surface area contributed by atoms with Crippen molar-refractivity contribution >= 4 is 40.8 Å². The molecule has 1 fully saturated rings. The minimum atomic E-state index is -5.08. The van der Waals surface area contributed by atoms with Gasteiger partial charge in [0.15, 0.2) is 0 Å². The molecule has 218 valence electrons. The Bertz CT molecular complexity index is 1400. The summed E-state index contributed by atoms with van der Waals surface area (Å²) in [4.78, 5) is 21.9. The number of hydrogen-bond donors (Lipinski definition) is 3. The van der Waals surface area contributed by atoms with Gasteiger partial charge in [-0.3, -0.25) is 4.79 Å². The molecule has 6 nitrogen and oxygen atoms in total. The molecule has 1 atom stereocenters. The summed E-state index contributed by atoms with van der Waals surface area (Å²) in [6.07, 6.45) is -2.85. The summed E-state index contributed by atoms with van der Waals surface area (Å²) in [6.45, 7) is 6.41. The zero-order valence-corrected chi connectivity index (χ0v) is 23.8. The van der Waals surface area contributed by atoms with Gasteiger partial charge in [-0.1, -0.05) is 49.2 Å². The van der Waals surface area contributed by atoms with Gasteiger partial charge in [0.2, 0.25) is 0 Å². The Morgan fingerprint density at radius 1 is 0.976 bits per heavy atom. The fraction of sp³-hybridized carbons (Fsp3) is 0.333. The number of carboxylic acids is 1. The van der Waals surface area contributed by atoms with E-state index in [4.69, 9.17) is 37.8 Å². The number of alkyl halides is 3. The lowest BCUT2D eigenvalue weighted by molar-refractivity contribution is -0.192. The summed E-state index contributed by atoms with van der Waals surface area (Å²) in [5.41, 5.74) is 4.46. The average Bonchev–Trinajstić information content (AvgIpc) is 3.21. The van der Waals surface area contributed by atoms with E-state index in [0.29, 0.717) is 21.5 Å². The Hall–Kier alpha value is -3.27. The highest BCUT2D eigenvalue weighted by Crippen LogP contribution is 2.51. The summed E-state index contributed by atoms with van der Waals surface area (Å²) < 4.78 is 38.2. The number of aliphatic carboxylic acids is 1. The number of rotatable bonds is 4. The van der Waals surface area contributed by atoms with Crippen molar-refractivity contribution in [3.05, 3.63) is 81.8 Å². The molecule has 3 aromatic rings. The van der Waals surface area contributed by atoms with Crippen LogP contribution in [0.1, 0.15) is 42.6 Å². The van der Waals surface area contributed by atoms with Crippen molar-refractivity contribution < 1.29 is 32.6 Å². The minimum absolute atomic E-state index is 0.00460. The van der Waals surface area contributed by atoms with Crippen LogP contribution in [-0.4, -0.2) is 42.4 Å². The Kier molecular flexibility index (Phi) is 9.21. The van der Waals surface area contributed by atoms with Crippen LogP contribution in [-0.2, 0) is 10.2 Å². The number of benzene rings is 3. The highest BCUT2D eigenvalue weighted by molar-refractivity contribution is 6.35. The van der Waals surface area contributed by atoms with Gasteiger partial charge in [-0.25, -0.2) is 4.79 Å². The number of hydrogen-bond acceptors (Lipinski definition) is 4. The van der Waals surface area contributed by atoms with Crippen molar-refractivity contribution in [2.45, 2.75) is 44.4 Å². The van der Waals surface area contributed by atoms with Gasteiger partial charge in [-0.2, -0.15) is 13.2 Å². The van der Waals surface area contributed by atoms with Gasteiger partial charge in [0, 0.05) is 32.3 Å². The van der Waals surface area contributed by atoms with Gasteiger partial charge >= 0.3 is 12.1 Å². The Morgan fingerprint density at radius 2 is 1.56 bits per heavy atom. The fourth-order valence-electron chi connectivity index (χ4n) is 5.44. The lowest BCUT2D eigenvalue weighted by Crippen LogP contribution is -2.48. The third-order valence-corrected chi connectivity index (χ3v) is 7.70. The SMILES string of the molecule is CC(C)C1Oc2ccc(NC(=O)c3ccc(-c4cc(Cl)cc(Cl)c4)cc3)cc2C12CCNCC2.O=C(O)C(F)(F)F. The summed E-state index contributed by atoms with van der Waals surface area (Å²) in [5.74, 6) is -1.54. The van der Waals surface area contributed by atoms with Crippen molar-refractivity contribution in [2.24, 2.45) is 5.92 Å². The van der Waals surface area contributed by atoms with E-state index in [1.54, 1.807) is 6.07 Å². The van der Waals surface area contributed by atoms with Gasteiger partial charge < -0.3 is 20.5 Å². The average molecular weight is 609 g/mol. The molecule has 0 bridgehead atoms. The van der Waals surface area contributed by atoms with E-state index in [1.165, 1.54) is 5.56 Å². The lowest BCUT2D eigenvalue weighted by Gasteiger charge is -2.40. The van der Waals surface area contributed by atoms with E-state index in [-0.39, 0.29) is 17.4 Å². The maximum atomic E-state index is 13.0. The molecule has 0 aliphatic carbocycles. The topological polar surface area (TPSA) is 87.7 Å². The van der Waals surface area contributed by atoms with Crippen molar-refractivity contribution in [3.8, 4) is 16.9 Å². The molecule has 1 unspecified atom stereocenters. The van der Waals surface area contributed by atoms with Gasteiger partial charge in [0.25, 0.3) is 5.91 Å². The highest BCUT2D eigenvalue weighted by atomic mass is 35.5. The van der Waals surface area contributed by atoms with Crippen molar-refractivity contribution in [1.29, 1.82) is 0 Å². The second kappa shape index (κ2) is 12.3. The minimum Gasteiger partial charge on any atom is -0.489 e. The van der Waals surface area contributed by atoms with E-state index >= 15 is 0 Å². The number of amides is 1. The van der Waals surface area contributed by atoms with E-state index in [2.05, 4.69) is 30.5 Å². The first kappa shape index (κ1) is 30.7. The first-order valence-corrected chi connectivity index (χ1v) is 13.8. The molecular weight excluding hydrogens is 580 g/mol. The fourth-order valence-corrected chi connectivity index (χ4v) is 5.97. The lowest BCUT2D eigenvalue weighted by atomic mass is 9.67. The summed E-state index contributed by atoms with van der Waals surface area (Å²) in [5, 5.41) is 14.8. The van der Waals surface area contributed by atoms with Crippen LogP contribution in [0.25, 0.3) is 11.1 Å². The van der Waals surface area contributed by atoms with E-state index in [0.717, 1.165) is 48.5 Å². The van der Waals surface area contributed by atoms with Gasteiger partial charge in [0.05, 0.1) is 0 Å². The molecule has 1 saturated heterocycles. The molecular formula is C30H29Cl2F3N2O4. The first-order chi connectivity index (χ1) is 19.3. The quantitative estimate of drug-likeness (QED) is 0.284. The van der Waals surface area contributed by atoms with Crippen molar-refractivity contribution in [2.75, 3.05) is 18.4 Å². The molecule has 0 radical (unpaired) electrons. The van der Waals surface area contributed by atoms with Crippen LogP contribution in [0, 0.1) is 5.92 Å². The maximum absolute atomic E-state index is 13.0. The molecule has 3 N–H and O–H groups in total. The van der Waals surface area contributed by atoms with Gasteiger partial charge in [-0.15, -0.1) is 0 Å². The summed E-state index contributed by atoms with van der Waals surface area (Å²) >= 11 is 12.3. The number of halogens is 5. The van der Waals surface area contributed by atoms with E-state index in [1.807, 2.05) is 48.5 Å². The molecule has 0 saturated carbocycles. The second-order valence-corrected chi connectivity index (χ2v) is 11.3. The summed E-state index contributed by atoms with van der Waals surface area (Å²) in [7, 11) is 0. The van der Waals surface area contributed by atoms with Crippen LogP contribution < -0.4 is 15.4 Å². The van der Waals surface area contributed by atoms with Crippen LogP contribution >= 0.6 is 23.2 Å². The van der Waals surface area contributed by atoms with Gasteiger partial charge in [0.1, 0.15) is 11.9 Å². The number of carbonyl (C=O) groups is 2. The zero-order valence-electron chi connectivity index (χ0n) is 22.3.